The highest BCUT2D eigenvalue weighted by molar-refractivity contribution is 5.79. The van der Waals surface area contributed by atoms with Crippen LogP contribution >= 0.6 is 0 Å². The normalized spacial score (nSPS) is 32.4. The van der Waals surface area contributed by atoms with Gasteiger partial charge in [0.2, 0.25) is 0 Å². The van der Waals surface area contributed by atoms with Gasteiger partial charge < -0.3 is 20.1 Å². The monoisotopic (exact) mass is 336 g/mol. The Morgan fingerprint density at radius 3 is 2.88 bits per heavy atom. The molecule has 1 aromatic rings. The molecule has 1 aliphatic carbocycles. The summed E-state index contributed by atoms with van der Waals surface area (Å²) in [6, 6.07) is 1.54. The van der Waals surface area contributed by atoms with Crippen molar-refractivity contribution in [1.29, 1.82) is 0 Å². The van der Waals surface area contributed by atoms with Crippen molar-refractivity contribution in [2.45, 2.75) is 44.9 Å². The Kier molecular flexibility index (Phi) is 4.49. The van der Waals surface area contributed by atoms with Crippen LogP contribution < -0.4 is 5.32 Å². The molecule has 2 fully saturated rings. The fraction of sp³-hybridized carbons (Fsp3) is 0.688. The summed E-state index contributed by atoms with van der Waals surface area (Å²) >= 11 is 0. The Labute approximate surface area is 140 Å². The maximum Gasteiger partial charge on any atom is 0.317 e. The Morgan fingerprint density at radius 2 is 2.29 bits per heavy atom. The summed E-state index contributed by atoms with van der Waals surface area (Å²) in [6.07, 6.45) is 4.81. The van der Waals surface area contributed by atoms with Crippen molar-refractivity contribution in [2.24, 2.45) is 5.41 Å². The van der Waals surface area contributed by atoms with Crippen LogP contribution in [0.15, 0.2) is 18.5 Å². The van der Waals surface area contributed by atoms with Crippen molar-refractivity contribution < 1.29 is 19.4 Å². The zero-order chi connectivity index (χ0) is 17.3. The van der Waals surface area contributed by atoms with Gasteiger partial charge >= 0.3 is 12.0 Å². The molecule has 0 spiro atoms. The number of hydrogen-bond acceptors (Lipinski definition) is 4. The Balaban J connectivity index is 1.61. The molecule has 2 N–H and O–H groups in total. The number of rotatable bonds is 5. The quantitative estimate of drug-likeness (QED) is 0.839. The standard InChI is InChI=1S/C16H24N4O4/c1-3-24-12-9-11(13(12)20-7-4-6-17-20)18-15(23)19-8-5-16(2,10-19)14(21)22/h4,6-7,11-13H,3,5,8-10H2,1-2H3,(H,18,23)(H,21,22). The Morgan fingerprint density at radius 1 is 1.50 bits per heavy atom. The summed E-state index contributed by atoms with van der Waals surface area (Å²) in [6.45, 7) is 4.95. The molecular weight excluding hydrogens is 312 g/mol. The summed E-state index contributed by atoms with van der Waals surface area (Å²) < 4.78 is 7.53. The number of ether oxygens (including phenoxy) is 1. The van der Waals surface area contributed by atoms with Gasteiger partial charge in [-0.15, -0.1) is 0 Å². The van der Waals surface area contributed by atoms with Crippen molar-refractivity contribution in [3.63, 3.8) is 0 Å². The first-order valence-corrected chi connectivity index (χ1v) is 8.34. The first-order chi connectivity index (χ1) is 11.4. The van der Waals surface area contributed by atoms with E-state index in [1.54, 1.807) is 18.0 Å². The predicted octanol–water partition coefficient (Wildman–Crippen LogP) is 1.11. The van der Waals surface area contributed by atoms with E-state index in [-0.39, 0.29) is 30.8 Å². The van der Waals surface area contributed by atoms with E-state index in [0.717, 1.165) is 6.42 Å². The molecule has 2 aliphatic rings. The molecule has 2 amide bonds. The van der Waals surface area contributed by atoms with Crippen LogP contribution in [-0.4, -0.2) is 63.6 Å². The van der Waals surface area contributed by atoms with E-state index in [1.165, 1.54) is 0 Å². The number of carboxylic acids is 1. The number of urea groups is 1. The van der Waals surface area contributed by atoms with E-state index >= 15 is 0 Å². The van der Waals surface area contributed by atoms with Gasteiger partial charge in [0.1, 0.15) is 0 Å². The van der Waals surface area contributed by atoms with Gasteiger partial charge in [-0.3, -0.25) is 9.48 Å². The fourth-order valence-corrected chi connectivity index (χ4v) is 3.49. The number of carboxylic acid groups (broad SMARTS) is 1. The van der Waals surface area contributed by atoms with Crippen LogP contribution in [0.5, 0.6) is 0 Å². The highest BCUT2D eigenvalue weighted by Gasteiger charge is 2.47. The molecule has 1 saturated heterocycles. The number of carbonyl (C=O) groups is 2. The van der Waals surface area contributed by atoms with Crippen LogP contribution in [0, 0.1) is 5.41 Å². The minimum Gasteiger partial charge on any atom is -0.481 e. The lowest BCUT2D eigenvalue weighted by Crippen LogP contribution is -2.59. The number of aromatic nitrogens is 2. The molecule has 0 radical (unpaired) electrons. The van der Waals surface area contributed by atoms with Gasteiger partial charge in [0.25, 0.3) is 0 Å². The molecule has 4 unspecified atom stereocenters. The van der Waals surface area contributed by atoms with Gasteiger partial charge in [0, 0.05) is 32.1 Å². The number of nitrogens with one attached hydrogen (secondary N) is 1. The second-order valence-corrected chi connectivity index (χ2v) is 6.80. The average molecular weight is 336 g/mol. The van der Waals surface area contributed by atoms with Crippen LogP contribution in [0.1, 0.15) is 32.7 Å². The largest absolute Gasteiger partial charge is 0.481 e. The number of carbonyl (C=O) groups excluding carboxylic acids is 1. The van der Waals surface area contributed by atoms with Crippen molar-refractivity contribution in [3.05, 3.63) is 18.5 Å². The van der Waals surface area contributed by atoms with Gasteiger partial charge in [-0.2, -0.15) is 5.10 Å². The minimum atomic E-state index is -0.855. The van der Waals surface area contributed by atoms with Crippen molar-refractivity contribution in [2.75, 3.05) is 19.7 Å². The van der Waals surface area contributed by atoms with Gasteiger partial charge in [-0.05, 0) is 32.8 Å². The third-order valence-electron chi connectivity index (χ3n) is 5.08. The molecule has 1 aromatic heterocycles. The third-order valence-corrected chi connectivity index (χ3v) is 5.08. The van der Waals surface area contributed by atoms with E-state index in [4.69, 9.17) is 4.74 Å². The van der Waals surface area contributed by atoms with Crippen molar-refractivity contribution in [1.82, 2.24) is 20.0 Å². The molecule has 0 bridgehead atoms. The van der Waals surface area contributed by atoms with Crippen LogP contribution in [0.4, 0.5) is 4.79 Å². The predicted molar refractivity (Wildman–Crippen MR) is 85.5 cm³/mol. The van der Waals surface area contributed by atoms with Crippen molar-refractivity contribution in [3.8, 4) is 0 Å². The van der Waals surface area contributed by atoms with Gasteiger partial charge in [0.15, 0.2) is 0 Å². The number of aliphatic carboxylic acids is 1. The van der Waals surface area contributed by atoms with E-state index in [0.29, 0.717) is 19.6 Å². The zero-order valence-electron chi connectivity index (χ0n) is 14.0. The lowest BCUT2D eigenvalue weighted by atomic mass is 9.82. The summed E-state index contributed by atoms with van der Waals surface area (Å²) in [5.41, 5.74) is -0.855. The zero-order valence-corrected chi connectivity index (χ0v) is 14.0. The number of nitrogens with zero attached hydrogens (tertiary/aromatic N) is 3. The molecule has 24 heavy (non-hydrogen) atoms. The first kappa shape index (κ1) is 16.8. The molecule has 132 valence electrons. The lowest BCUT2D eigenvalue weighted by Gasteiger charge is -2.44. The third kappa shape index (κ3) is 2.98. The minimum absolute atomic E-state index is 0.0302. The number of likely N-dealkylation sites (tertiary alicyclic amines) is 1. The lowest BCUT2D eigenvalue weighted by molar-refractivity contribution is -0.147. The second kappa shape index (κ2) is 6.43. The molecule has 2 heterocycles. The molecule has 8 heteroatoms. The van der Waals surface area contributed by atoms with E-state index in [1.807, 2.05) is 23.9 Å². The molecule has 0 aromatic carbocycles. The molecule has 1 aliphatic heterocycles. The van der Waals surface area contributed by atoms with Crippen LogP contribution in [0.25, 0.3) is 0 Å². The van der Waals surface area contributed by atoms with Crippen LogP contribution in [0.2, 0.25) is 0 Å². The molecular formula is C16H24N4O4. The number of amides is 2. The fourth-order valence-electron chi connectivity index (χ4n) is 3.49. The van der Waals surface area contributed by atoms with Gasteiger partial charge in [-0.1, -0.05) is 0 Å². The number of hydrogen-bond donors (Lipinski definition) is 2. The smallest absolute Gasteiger partial charge is 0.317 e. The van der Waals surface area contributed by atoms with E-state index < -0.39 is 11.4 Å². The Bertz CT molecular complexity index is 605. The SMILES string of the molecule is CCOC1CC(NC(=O)N2CCC(C)(C(=O)O)C2)C1n1cccn1. The van der Waals surface area contributed by atoms with E-state index in [9.17, 15) is 14.7 Å². The topological polar surface area (TPSA) is 96.7 Å². The summed E-state index contributed by atoms with van der Waals surface area (Å²) in [7, 11) is 0. The second-order valence-electron chi connectivity index (χ2n) is 6.80. The maximum atomic E-state index is 12.5. The van der Waals surface area contributed by atoms with E-state index in [2.05, 4.69) is 10.4 Å². The molecule has 8 nitrogen and oxygen atoms in total. The summed E-state index contributed by atoms with van der Waals surface area (Å²) in [4.78, 5) is 25.4. The summed E-state index contributed by atoms with van der Waals surface area (Å²) in [5, 5.41) is 16.6. The molecule has 1 saturated carbocycles. The Hall–Kier alpha value is -2.09. The average Bonchev–Trinajstić information content (AvgIpc) is 3.16. The van der Waals surface area contributed by atoms with Gasteiger partial charge in [0.05, 0.1) is 23.6 Å². The summed E-state index contributed by atoms with van der Waals surface area (Å²) in [5.74, 6) is -0.854. The first-order valence-electron chi connectivity index (χ1n) is 8.34. The van der Waals surface area contributed by atoms with Gasteiger partial charge in [-0.25, -0.2) is 4.79 Å². The molecule has 3 rings (SSSR count). The highest BCUT2D eigenvalue weighted by Crippen LogP contribution is 2.36. The van der Waals surface area contributed by atoms with Crippen molar-refractivity contribution >= 4 is 12.0 Å². The van der Waals surface area contributed by atoms with Crippen LogP contribution in [-0.2, 0) is 9.53 Å². The maximum absolute atomic E-state index is 12.5. The highest BCUT2D eigenvalue weighted by atomic mass is 16.5. The molecule has 4 atom stereocenters. The van der Waals surface area contributed by atoms with Crippen LogP contribution in [0.3, 0.4) is 0 Å².